The Hall–Kier alpha value is -3.00. The SMILES string of the molecule is CC1CN(C(=O)OC(C)(C)C)CCN1c1ncnc2c1c(N(C)C1CC1)cn2-c1cccc(Cl)c1. The number of anilines is 2. The predicted molar refractivity (Wildman–Crippen MR) is 140 cm³/mol. The molecule has 5 rings (SSSR count). The van der Waals surface area contributed by atoms with Crippen LogP contribution in [-0.4, -0.2) is 69.9 Å². The van der Waals surface area contributed by atoms with Crippen LogP contribution in [0.15, 0.2) is 36.8 Å². The lowest BCUT2D eigenvalue weighted by atomic mass is 10.1. The Morgan fingerprint density at radius 1 is 1.20 bits per heavy atom. The molecule has 1 aliphatic heterocycles. The fraction of sp³-hybridized carbons (Fsp3) is 0.500. The number of benzene rings is 1. The molecule has 1 aliphatic carbocycles. The molecule has 1 unspecified atom stereocenters. The number of amides is 1. The van der Waals surface area contributed by atoms with E-state index < -0.39 is 5.60 Å². The molecule has 3 heterocycles. The van der Waals surface area contributed by atoms with E-state index in [9.17, 15) is 4.79 Å². The number of fused-ring (bicyclic) bond motifs is 1. The first-order chi connectivity index (χ1) is 16.6. The van der Waals surface area contributed by atoms with Gasteiger partial charge in [-0.05, 0) is 58.7 Å². The Labute approximate surface area is 211 Å². The number of halogens is 1. The minimum absolute atomic E-state index is 0.0722. The van der Waals surface area contributed by atoms with Crippen molar-refractivity contribution >= 4 is 40.2 Å². The number of rotatable bonds is 4. The standard InChI is InChI=1S/C26H33ClN6O2/c1-17-14-31(25(34)35-26(2,3)4)11-12-32(17)23-22-21(30(5)19-9-10-19)15-33(24(22)29-16-28-23)20-8-6-7-18(27)13-20/h6-8,13,15-17,19H,9-12,14H2,1-5H3. The van der Waals surface area contributed by atoms with E-state index in [0.717, 1.165) is 28.2 Å². The highest BCUT2D eigenvalue weighted by molar-refractivity contribution is 6.30. The van der Waals surface area contributed by atoms with Crippen molar-refractivity contribution in [2.75, 3.05) is 36.5 Å². The Kier molecular flexibility index (Phi) is 6.03. The lowest BCUT2D eigenvalue weighted by Crippen LogP contribution is -2.54. The predicted octanol–water partition coefficient (Wildman–Crippen LogP) is 5.12. The van der Waals surface area contributed by atoms with Crippen LogP contribution in [0, 0.1) is 0 Å². The molecule has 1 saturated carbocycles. The summed E-state index contributed by atoms with van der Waals surface area (Å²) < 4.78 is 7.70. The second-order valence-corrected chi connectivity index (χ2v) is 11.0. The van der Waals surface area contributed by atoms with E-state index in [2.05, 4.69) is 34.5 Å². The van der Waals surface area contributed by atoms with Crippen molar-refractivity contribution in [2.24, 2.45) is 0 Å². The van der Waals surface area contributed by atoms with Crippen LogP contribution in [0.5, 0.6) is 0 Å². The summed E-state index contributed by atoms with van der Waals surface area (Å²) in [5, 5.41) is 1.71. The molecule has 0 spiro atoms. The number of hydrogen-bond acceptors (Lipinski definition) is 6. The first kappa shape index (κ1) is 23.7. The minimum Gasteiger partial charge on any atom is -0.444 e. The van der Waals surface area contributed by atoms with Crippen molar-refractivity contribution < 1.29 is 9.53 Å². The first-order valence-electron chi connectivity index (χ1n) is 12.2. The number of nitrogens with zero attached hydrogens (tertiary/aromatic N) is 6. The van der Waals surface area contributed by atoms with Gasteiger partial charge in [0.1, 0.15) is 17.7 Å². The zero-order valence-corrected chi connectivity index (χ0v) is 21.8. The van der Waals surface area contributed by atoms with Crippen LogP contribution in [0.1, 0.15) is 40.5 Å². The summed E-state index contributed by atoms with van der Waals surface area (Å²) in [6.45, 7) is 9.63. The Morgan fingerprint density at radius 3 is 2.63 bits per heavy atom. The van der Waals surface area contributed by atoms with Gasteiger partial charge in [0, 0.05) is 55.7 Å². The molecule has 9 heteroatoms. The average molecular weight is 497 g/mol. The summed E-state index contributed by atoms with van der Waals surface area (Å²) in [6.07, 6.45) is 5.89. The van der Waals surface area contributed by atoms with Gasteiger partial charge in [0.15, 0.2) is 5.65 Å². The van der Waals surface area contributed by atoms with Crippen molar-refractivity contribution in [2.45, 2.75) is 58.2 Å². The molecule has 0 N–H and O–H groups in total. The second kappa shape index (κ2) is 8.90. The van der Waals surface area contributed by atoms with Crippen LogP contribution >= 0.6 is 11.6 Å². The molecule has 186 valence electrons. The van der Waals surface area contributed by atoms with E-state index in [1.165, 1.54) is 12.8 Å². The topological polar surface area (TPSA) is 66.7 Å². The van der Waals surface area contributed by atoms with E-state index in [1.807, 2.05) is 45.0 Å². The van der Waals surface area contributed by atoms with Crippen LogP contribution in [0.4, 0.5) is 16.3 Å². The van der Waals surface area contributed by atoms with Crippen LogP contribution in [0.25, 0.3) is 16.7 Å². The molecule has 1 saturated heterocycles. The summed E-state index contributed by atoms with van der Waals surface area (Å²) in [5.74, 6) is 0.898. The van der Waals surface area contributed by atoms with Crippen LogP contribution in [0.3, 0.4) is 0 Å². The smallest absolute Gasteiger partial charge is 0.410 e. The monoisotopic (exact) mass is 496 g/mol. The average Bonchev–Trinajstić information content (AvgIpc) is 3.57. The van der Waals surface area contributed by atoms with Gasteiger partial charge in [-0.2, -0.15) is 0 Å². The second-order valence-electron chi connectivity index (χ2n) is 10.6. The summed E-state index contributed by atoms with van der Waals surface area (Å²) in [4.78, 5) is 28.6. The van der Waals surface area contributed by atoms with Gasteiger partial charge >= 0.3 is 6.09 Å². The van der Waals surface area contributed by atoms with Gasteiger partial charge in [-0.15, -0.1) is 0 Å². The van der Waals surface area contributed by atoms with Gasteiger partial charge in [-0.25, -0.2) is 14.8 Å². The minimum atomic E-state index is -0.512. The van der Waals surface area contributed by atoms with Gasteiger partial charge < -0.3 is 19.4 Å². The highest BCUT2D eigenvalue weighted by Gasteiger charge is 2.34. The summed E-state index contributed by atoms with van der Waals surface area (Å²) in [5.41, 5.74) is 2.41. The van der Waals surface area contributed by atoms with E-state index in [1.54, 1.807) is 11.2 Å². The van der Waals surface area contributed by atoms with Crippen molar-refractivity contribution in [3.05, 3.63) is 41.8 Å². The lowest BCUT2D eigenvalue weighted by molar-refractivity contribution is 0.0218. The molecular weight excluding hydrogens is 464 g/mol. The third-order valence-electron chi connectivity index (χ3n) is 6.66. The maximum atomic E-state index is 12.7. The number of carbonyl (C=O) groups is 1. The highest BCUT2D eigenvalue weighted by atomic mass is 35.5. The van der Waals surface area contributed by atoms with Gasteiger partial charge in [-0.1, -0.05) is 17.7 Å². The van der Waals surface area contributed by atoms with Crippen molar-refractivity contribution in [1.29, 1.82) is 0 Å². The zero-order chi connectivity index (χ0) is 24.9. The highest BCUT2D eigenvalue weighted by Crippen LogP contribution is 2.40. The molecule has 2 fully saturated rings. The molecule has 1 aromatic carbocycles. The quantitative estimate of drug-likeness (QED) is 0.499. The number of ether oxygens (including phenoxy) is 1. The Bertz CT molecular complexity index is 1250. The molecule has 2 aliphatic rings. The first-order valence-corrected chi connectivity index (χ1v) is 12.6. The molecule has 8 nitrogen and oxygen atoms in total. The molecule has 0 bridgehead atoms. The number of hydrogen-bond donors (Lipinski definition) is 0. The van der Waals surface area contributed by atoms with Gasteiger partial charge in [0.05, 0.1) is 11.1 Å². The van der Waals surface area contributed by atoms with Crippen molar-refractivity contribution in [3.8, 4) is 5.69 Å². The molecule has 1 amide bonds. The molecular formula is C26H33ClN6O2. The van der Waals surface area contributed by atoms with Crippen molar-refractivity contribution in [3.63, 3.8) is 0 Å². The summed E-state index contributed by atoms with van der Waals surface area (Å²) in [7, 11) is 2.15. The van der Waals surface area contributed by atoms with Crippen LogP contribution in [-0.2, 0) is 4.74 Å². The zero-order valence-electron chi connectivity index (χ0n) is 21.0. The maximum absolute atomic E-state index is 12.7. The van der Waals surface area contributed by atoms with Crippen LogP contribution in [0.2, 0.25) is 5.02 Å². The normalized spacial score (nSPS) is 18.7. The Morgan fingerprint density at radius 2 is 1.97 bits per heavy atom. The molecule has 3 aromatic rings. The van der Waals surface area contributed by atoms with Crippen molar-refractivity contribution in [1.82, 2.24) is 19.4 Å². The maximum Gasteiger partial charge on any atom is 0.410 e. The number of aromatic nitrogens is 3. The van der Waals surface area contributed by atoms with E-state index in [-0.39, 0.29) is 12.1 Å². The summed E-state index contributed by atoms with van der Waals surface area (Å²) >= 11 is 6.32. The largest absolute Gasteiger partial charge is 0.444 e. The Balaban J connectivity index is 1.53. The number of carbonyl (C=O) groups excluding carboxylic acids is 1. The third kappa shape index (κ3) is 4.76. The lowest BCUT2D eigenvalue weighted by Gasteiger charge is -2.41. The molecule has 1 atom stereocenters. The fourth-order valence-electron chi connectivity index (χ4n) is 4.76. The van der Waals surface area contributed by atoms with Gasteiger partial charge in [-0.3, -0.25) is 4.57 Å². The van der Waals surface area contributed by atoms with E-state index >= 15 is 0 Å². The van der Waals surface area contributed by atoms with E-state index in [0.29, 0.717) is 30.7 Å². The molecule has 0 radical (unpaired) electrons. The van der Waals surface area contributed by atoms with Gasteiger partial charge in [0.25, 0.3) is 0 Å². The summed E-state index contributed by atoms with van der Waals surface area (Å²) in [6, 6.07) is 8.42. The van der Waals surface area contributed by atoms with Gasteiger partial charge in [0.2, 0.25) is 0 Å². The molecule has 2 aromatic heterocycles. The number of piperazine rings is 1. The van der Waals surface area contributed by atoms with Crippen LogP contribution < -0.4 is 9.80 Å². The fourth-order valence-corrected chi connectivity index (χ4v) is 4.94. The van der Waals surface area contributed by atoms with E-state index in [4.69, 9.17) is 26.3 Å². The molecule has 35 heavy (non-hydrogen) atoms. The third-order valence-corrected chi connectivity index (χ3v) is 6.89.